The fourth-order valence-electron chi connectivity index (χ4n) is 11.6. The van der Waals surface area contributed by atoms with E-state index in [0.717, 1.165) is 66.0 Å². The second kappa shape index (κ2) is 11.4. The zero-order chi connectivity index (χ0) is 33.5. The molecule has 2 aromatic rings. The maximum Gasteiger partial charge on any atom is 0.322 e. The van der Waals surface area contributed by atoms with Gasteiger partial charge in [-0.05, 0) is 106 Å². The summed E-state index contributed by atoms with van der Waals surface area (Å²) in [5, 5.41) is 27.0. The van der Waals surface area contributed by atoms with Crippen molar-refractivity contribution in [1.82, 2.24) is 4.90 Å². The first-order valence-electron chi connectivity index (χ1n) is 18.1. The van der Waals surface area contributed by atoms with Crippen molar-refractivity contribution >= 4 is 28.8 Å². The number of carbonyl (C=O) groups excluding carboxylic acids is 2. The number of aryl methyl sites for hydroxylation is 1. The molecular weight excluding hydrogens is 621 g/mol. The summed E-state index contributed by atoms with van der Waals surface area (Å²) in [7, 11) is 0. The highest BCUT2D eigenvalue weighted by Crippen LogP contribution is 2.78. The Balaban J connectivity index is 1.18. The second-order valence-electron chi connectivity index (χ2n) is 16.4. The smallest absolute Gasteiger partial charge is 0.322 e. The summed E-state index contributed by atoms with van der Waals surface area (Å²) in [6, 6.07) is 13.3. The minimum absolute atomic E-state index is 0.0324. The van der Waals surface area contributed by atoms with E-state index in [2.05, 4.69) is 37.4 Å². The number of rotatable bonds is 7. The maximum absolute atomic E-state index is 14.7. The van der Waals surface area contributed by atoms with E-state index in [0.29, 0.717) is 26.0 Å². The molecule has 7 nitrogen and oxygen atoms in total. The average Bonchev–Trinajstić information content (AvgIpc) is 3.81. The number of aliphatic hydroxyl groups excluding tert-OH is 1. The van der Waals surface area contributed by atoms with Gasteiger partial charge in [-0.25, -0.2) is 4.79 Å². The summed E-state index contributed by atoms with van der Waals surface area (Å²) in [6.07, 6.45) is 13.9. The van der Waals surface area contributed by atoms with Gasteiger partial charge in [0.25, 0.3) is 0 Å². The Morgan fingerprint density at radius 1 is 0.979 bits per heavy atom. The molecule has 4 fully saturated rings. The van der Waals surface area contributed by atoms with Crippen LogP contribution in [0.15, 0.2) is 66.3 Å². The maximum atomic E-state index is 14.7. The molecule has 256 valence electrons. The molecular formula is C40H50N2O5S. The van der Waals surface area contributed by atoms with Crippen LogP contribution in [0.25, 0.3) is 0 Å². The van der Waals surface area contributed by atoms with Crippen molar-refractivity contribution in [2.24, 2.45) is 33.5 Å². The van der Waals surface area contributed by atoms with Gasteiger partial charge in [-0.15, -0.1) is 11.3 Å². The van der Waals surface area contributed by atoms with Crippen LogP contribution in [0.2, 0.25) is 0 Å². The van der Waals surface area contributed by atoms with Crippen molar-refractivity contribution in [3.8, 4) is 0 Å². The molecule has 1 aromatic carbocycles. The van der Waals surface area contributed by atoms with Gasteiger partial charge in [0.1, 0.15) is 0 Å². The fourth-order valence-corrected chi connectivity index (χ4v) is 12.4. The molecule has 7 aliphatic rings. The molecule has 3 saturated carbocycles. The summed E-state index contributed by atoms with van der Waals surface area (Å²) >= 11 is 1.55. The predicted molar refractivity (Wildman–Crippen MR) is 188 cm³/mol. The summed E-state index contributed by atoms with van der Waals surface area (Å²) in [4.78, 5) is 32.3. The number of para-hydroxylation sites is 1. The van der Waals surface area contributed by atoms with Crippen molar-refractivity contribution in [3.63, 3.8) is 0 Å². The van der Waals surface area contributed by atoms with Crippen LogP contribution in [0.4, 0.5) is 10.5 Å². The lowest BCUT2D eigenvalue weighted by Gasteiger charge is -2.71. The number of allylic oxidation sites excluding steroid dienone is 4. The lowest BCUT2D eigenvalue weighted by Crippen LogP contribution is -2.67. The number of amides is 2. The van der Waals surface area contributed by atoms with Gasteiger partial charge < -0.3 is 25.2 Å². The van der Waals surface area contributed by atoms with Crippen LogP contribution in [0.3, 0.4) is 0 Å². The molecule has 9 rings (SSSR count). The van der Waals surface area contributed by atoms with E-state index in [9.17, 15) is 19.8 Å². The molecule has 9 atom stereocenters. The van der Waals surface area contributed by atoms with Crippen molar-refractivity contribution in [1.29, 1.82) is 0 Å². The van der Waals surface area contributed by atoms with Gasteiger partial charge in [-0.2, -0.15) is 0 Å². The molecule has 1 aliphatic heterocycles. The Kier molecular flexibility index (Phi) is 7.68. The van der Waals surface area contributed by atoms with Crippen molar-refractivity contribution < 1.29 is 24.5 Å². The number of aliphatic hydroxyl groups is 2. The first-order chi connectivity index (χ1) is 22.9. The number of fused-ring (bicyclic) bond motifs is 1. The van der Waals surface area contributed by atoms with E-state index >= 15 is 0 Å². The molecule has 2 bridgehead atoms. The molecule has 48 heavy (non-hydrogen) atoms. The van der Waals surface area contributed by atoms with Crippen LogP contribution >= 0.6 is 11.3 Å². The highest BCUT2D eigenvalue weighted by Gasteiger charge is 2.74. The summed E-state index contributed by atoms with van der Waals surface area (Å²) in [5.41, 5.74) is -1.02. The number of ether oxygens (including phenoxy) is 1. The number of hydrogen-bond donors (Lipinski definition) is 3. The largest absolute Gasteiger partial charge is 0.393 e. The Bertz CT molecular complexity index is 1660. The molecule has 3 N–H and O–H groups in total. The van der Waals surface area contributed by atoms with Gasteiger partial charge in [-0.1, -0.05) is 50.3 Å². The molecule has 6 aliphatic carbocycles. The van der Waals surface area contributed by atoms with Crippen LogP contribution in [0, 0.1) is 40.4 Å². The van der Waals surface area contributed by atoms with Crippen LogP contribution in [-0.2, 0) is 4.74 Å². The Morgan fingerprint density at radius 2 is 1.73 bits per heavy atom. The van der Waals surface area contributed by atoms with Crippen LogP contribution < -0.4 is 5.32 Å². The van der Waals surface area contributed by atoms with Crippen LogP contribution in [-0.4, -0.2) is 64.4 Å². The first kappa shape index (κ1) is 32.4. The third-order valence-electron chi connectivity index (χ3n) is 14.1. The van der Waals surface area contributed by atoms with E-state index in [1.165, 1.54) is 0 Å². The van der Waals surface area contributed by atoms with Crippen LogP contribution in [0.1, 0.15) is 86.2 Å². The number of nitrogens with zero attached hydrogens (tertiary/aromatic N) is 1. The SMILES string of the molecule is Cc1ccc(C(=O)C2=CC34C=CC25C(CCC2(C)C5CCC2(O)CN(CC2CCCO2)C(=O)Nc2ccccc2)C3(C)CCC(O)C4)s1. The van der Waals surface area contributed by atoms with Gasteiger partial charge in [-0.3, -0.25) is 4.79 Å². The first-order valence-corrected chi connectivity index (χ1v) is 18.9. The number of benzene rings is 1. The normalized spacial score (nSPS) is 40.9. The van der Waals surface area contributed by atoms with Gasteiger partial charge in [0.15, 0.2) is 5.78 Å². The number of urea groups is 1. The Hall–Kier alpha value is -2.78. The van der Waals surface area contributed by atoms with Crippen molar-refractivity contribution in [2.45, 2.75) is 96.4 Å². The van der Waals surface area contributed by atoms with Gasteiger partial charge >= 0.3 is 6.03 Å². The standard InChI is InChI=1S/C40H50N2O5S/c1-26-11-12-31(48-26)34(44)30-23-38-19-20-40(30)32(36(38,2)16-13-28(43)22-38)14-17-37(3)33(40)15-18-39(37,46)25-42(24-29-10-7-21-47-29)35(45)41-27-8-5-4-6-9-27/h4-6,8-9,11-12,19-20,23,28-29,32-33,43,46H,7,10,13-18,21-22,24-25H2,1-3H3,(H,41,45). The minimum atomic E-state index is -1.14. The van der Waals surface area contributed by atoms with Gasteiger partial charge in [0.2, 0.25) is 0 Å². The summed E-state index contributed by atoms with van der Waals surface area (Å²) in [5.74, 6) is 0.369. The molecule has 9 unspecified atom stereocenters. The summed E-state index contributed by atoms with van der Waals surface area (Å²) < 4.78 is 6.00. The zero-order valence-electron chi connectivity index (χ0n) is 28.5. The van der Waals surface area contributed by atoms with E-state index in [1.807, 2.05) is 49.4 Å². The second-order valence-corrected chi connectivity index (χ2v) is 17.6. The Labute approximate surface area is 288 Å². The topological polar surface area (TPSA) is 99.1 Å². The number of anilines is 1. The summed E-state index contributed by atoms with van der Waals surface area (Å²) in [6.45, 7) is 8.04. The number of carbonyl (C=O) groups is 2. The Morgan fingerprint density at radius 3 is 2.46 bits per heavy atom. The number of ketones is 1. The highest BCUT2D eigenvalue weighted by atomic mass is 32.1. The molecule has 8 heteroatoms. The molecule has 1 aromatic heterocycles. The highest BCUT2D eigenvalue weighted by molar-refractivity contribution is 7.14. The molecule has 2 amide bonds. The van der Waals surface area contributed by atoms with E-state index < -0.39 is 16.4 Å². The van der Waals surface area contributed by atoms with Crippen molar-refractivity contribution in [2.75, 3.05) is 25.0 Å². The van der Waals surface area contributed by atoms with E-state index in [1.54, 1.807) is 16.2 Å². The molecule has 1 saturated heterocycles. The minimum Gasteiger partial charge on any atom is -0.393 e. The fraction of sp³-hybridized carbons (Fsp3) is 0.600. The number of Topliss-reactive ketones (excluding diaryl/α,β-unsaturated/α-hetero) is 1. The number of thiophene rings is 1. The molecule has 0 radical (unpaired) electrons. The number of hydrogen-bond acceptors (Lipinski definition) is 6. The lowest BCUT2D eigenvalue weighted by atomic mass is 9.32. The third kappa shape index (κ3) is 4.61. The molecule has 2 heterocycles. The predicted octanol–water partition coefficient (Wildman–Crippen LogP) is 7.54. The zero-order valence-corrected chi connectivity index (χ0v) is 29.4. The average molecular weight is 671 g/mol. The van der Waals surface area contributed by atoms with E-state index in [4.69, 9.17) is 4.74 Å². The van der Waals surface area contributed by atoms with Gasteiger partial charge in [0.05, 0.1) is 29.2 Å². The van der Waals surface area contributed by atoms with Gasteiger partial charge in [0, 0.05) is 45.5 Å². The number of nitrogens with one attached hydrogen (secondary N) is 1. The monoisotopic (exact) mass is 670 g/mol. The third-order valence-corrected chi connectivity index (χ3v) is 15.1. The molecule has 2 spiro atoms. The van der Waals surface area contributed by atoms with Crippen LogP contribution in [0.5, 0.6) is 0 Å². The van der Waals surface area contributed by atoms with E-state index in [-0.39, 0.29) is 53.2 Å². The lowest BCUT2D eigenvalue weighted by molar-refractivity contribution is -0.175. The van der Waals surface area contributed by atoms with Crippen molar-refractivity contribution in [3.05, 3.63) is 76.0 Å². The quantitative estimate of drug-likeness (QED) is 0.209.